The van der Waals surface area contributed by atoms with E-state index >= 15 is 0 Å². The van der Waals surface area contributed by atoms with Gasteiger partial charge < -0.3 is 10.2 Å². The maximum Gasteiger partial charge on any atom is 0.107 e. The Labute approximate surface area is 110 Å². The summed E-state index contributed by atoms with van der Waals surface area (Å²) in [4.78, 5) is 0. The fraction of sp³-hybridized carbons (Fsp3) is 0.625. The molecule has 0 radical (unpaired) electrons. The number of nitrogens with zero attached hydrogens (tertiary/aromatic N) is 1. The van der Waals surface area contributed by atoms with Gasteiger partial charge in [-0.2, -0.15) is 0 Å². The molecule has 18 heavy (non-hydrogen) atoms. The van der Waals surface area contributed by atoms with Crippen molar-refractivity contribution in [2.75, 3.05) is 12.8 Å². The summed E-state index contributed by atoms with van der Waals surface area (Å²) in [7, 11) is 2.47. The molecule has 2 heteroatoms. The van der Waals surface area contributed by atoms with Crippen molar-refractivity contribution < 1.29 is 4.48 Å². The predicted molar refractivity (Wildman–Crippen MR) is 76.0 cm³/mol. The van der Waals surface area contributed by atoms with Crippen molar-refractivity contribution in [1.82, 2.24) is 0 Å². The largest absolute Gasteiger partial charge is 0.398 e. The van der Waals surface area contributed by atoms with Gasteiger partial charge in [0.15, 0.2) is 0 Å². The van der Waals surface area contributed by atoms with Gasteiger partial charge in [0, 0.05) is 11.3 Å². The van der Waals surface area contributed by atoms with E-state index in [0.29, 0.717) is 0 Å². The molecule has 1 aromatic rings. The number of hydrogen-bond donors (Lipinski definition) is 1. The predicted octanol–water partition coefficient (Wildman–Crippen LogP) is 3.32. The van der Waals surface area contributed by atoms with E-state index in [1.807, 2.05) is 12.1 Å². The first kappa shape index (κ1) is 12.0. The lowest BCUT2D eigenvalue weighted by molar-refractivity contribution is -0.978. The number of piperidine rings is 2. The van der Waals surface area contributed by atoms with Gasteiger partial charge in [0.05, 0.1) is 19.1 Å². The lowest BCUT2D eigenvalue weighted by Crippen LogP contribution is -2.62. The van der Waals surface area contributed by atoms with E-state index in [1.54, 1.807) is 0 Å². The van der Waals surface area contributed by atoms with Crippen LogP contribution >= 0.6 is 0 Å². The van der Waals surface area contributed by atoms with Crippen molar-refractivity contribution in [3.05, 3.63) is 29.8 Å². The molecular formula is C16H25N2+. The smallest absolute Gasteiger partial charge is 0.107 e. The van der Waals surface area contributed by atoms with Crippen LogP contribution in [0.5, 0.6) is 0 Å². The summed E-state index contributed by atoms with van der Waals surface area (Å²) in [6.45, 7) is 1.13. The highest BCUT2D eigenvalue weighted by Crippen LogP contribution is 2.41. The van der Waals surface area contributed by atoms with E-state index in [2.05, 4.69) is 19.2 Å². The first-order valence-electron chi connectivity index (χ1n) is 7.38. The van der Waals surface area contributed by atoms with E-state index in [9.17, 15) is 0 Å². The van der Waals surface area contributed by atoms with E-state index in [1.165, 1.54) is 48.6 Å². The van der Waals surface area contributed by atoms with Crippen LogP contribution in [0.2, 0.25) is 0 Å². The Morgan fingerprint density at radius 1 is 1.06 bits per heavy atom. The fourth-order valence-electron chi connectivity index (χ4n) is 4.25. The van der Waals surface area contributed by atoms with Gasteiger partial charge in [-0.15, -0.1) is 0 Å². The summed E-state index contributed by atoms with van der Waals surface area (Å²) in [5.74, 6) is 0. The molecule has 2 N–H and O–H groups in total. The minimum absolute atomic E-state index is 0.872. The van der Waals surface area contributed by atoms with Crippen LogP contribution in [0.15, 0.2) is 24.3 Å². The zero-order valence-corrected chi connectivity index (χ0v) is 11.4. The minimum Gasteiger partial charge on any atom is -0.398 e. The topological polar surface area (TPSA) is 26.0 Å². The maximum absolute atomic E-state index is 6.14. The molecule has 98 valence electrons. The Morgan fingerprint density at radius 3 is 2.17 bits per heavy atom. The molecular weight excluding hydrogens is 220 g/mol. The van der Waals surface area contributed by atoms with Crippen molar-refractivity contribution in [2.45, 2.75) is 57.2 Å². The standard InChI is InChI=1S/C16H25N2/c1-18(12-13-6-2-3-11-16(13)17)14-7-4-8-15(18)10-5-9-14/h2-3,6,11,14-15H,4-5,7-10,12,17H2,1H3/q+1. The second kappa shape index (κ2) is 4.58. The molecule has 2 fully saturated rings. The van der Waals surface area contributed by atoms with E-state index < -0.39 is 0 Å². The van der Waals surface area contributed by atoms with Gasteiger partial charge >= 0.3 is 0 Å². The molecule has 0 atom stereocenters. The van der Waals surface area contributed by atoms with Crippen LogP contribution in [0, 0.1) is 0 Å². The number of fused-ring (bicyclic) bond motifs is 2. The van der Waals surface area contributed by atoms with Crippen LogP contribution in [-0.2, 0) is 6.54 Å². The van der Waals surface area contributed by atoms with E-state index in [-0.39, 0.29) is 0 Å². The van der Waals surface area contributed by atoms with Crippen molar-refractivity contribution >= 4 is 5.69 Å². The van der Waals surface area contributed by atoms with Gasteiger partial charge in [-0.25, -0.2) is 0 Å². The number of benzene rings is 1. The summed E-state index contributed by atoms with van der Waals surface area (Å²) in [5, 5.41) is 0. The summed E-state index contributed by atoms with van der Waals surface area (Å²) in [6, 6.07) is 10.2. The monoisotopic (exact) mass is 245 g/mol. The number of rotatable bonds is 2. The molecule has 0 aromatic heterocycles. The maximum atomic E-state index is 6.14. The normalized spacial score (nSPS) is 35.4. The van der Waals surface area contributed by atoms with Gasteiger partial charge in [-0.3, -0.25) is 0 Å². The van der Waals surface area contributed by atoms with Gasteiger partial charge in [-0.1, -0.05) is 18.2 Å². The highest BCUT2D eigenvalue weighted by molar-refractivity contribution is 5.45. The molecule has 2 bridgehead atoms. The molecule has 2 nitrogen and oxygen atoms in total. The molecule has 2 aliphatic heterocycles. The average molecular weight is 245 g/mol. The second-order valence-electron chi connectivity index (χ2n) is 6.37. The summed E-state index contributed by atoms with van der Waals surface area (Å²) >= 11 is 0. The number of hydrogen-bond acceptors (Lipinski definition) is 1. The Balaban J connectivity index is 1.88. The third-order valence-electron chi connectivity index (χ3n) is 5.38. The first-order valence-corrected chi connectivity index (χ1v) is 7.38. The zero-order valence-electron chi connectivity index (χ0n) is 11.4. The molecule has 0 spiro atoms. The van der Waals surface area contributed by atoms with Gasteiger partial charge in [-0.05, 0) is 44.6 Å². The third-order valence-corrected chi connectivity index (χ3v) is 5.38. The van der Waals surface area contributed by atoms with Crippen LogP contribution in [-0.4, -0.2) is 23.6 Å². The number of nitrogens with two attached hydrogens (primary N) is 1. The molecule has 0 saturated carbocycles. The summed E-state index contributed by atoms with van der Waals surface area (Å²) in [5.41, 5.74) is 8.46. The van der Waals surface area contributed by atoms with Crippen LogP contribution in [0.25, 0.3) is 0 Å². The third kappa shape index (κ3) is 1.93. The van der Waals surface area contributed by atoms with Crippen molar-refractivity contribution in [3.8, 4) is 0 Å². The summed E-state index contributed by atoms with van der Waals surface area (Å²) in [6.07, 6.45) is 8.54. The van der Waals surface area contributed by atoms with Gasteiger partial charge in [0.1, 0.15) is 6.54 Å². The fourth-order valence-corrected chi connectivity index (χ4v) is 4.25. The Kier molecular flexibility index (Phi) is 3.06. The van der Waals surface area contributed by atoms with Crippen molar-refractivity contribution in [2.24, 2.45) is 0 Å². The van der Waals surface area contributed by atoms with Crippen LogP contribution < -0.4 is 5.73 Å². The number of anilines is 1. The van der Waals surface area contributed by atoms with E-state index in [4.69, 9.17) is 5.73 Å². The number of para-hydroxylation sites is 1. The van der Waals surface area contributed by atoms with Crippen LogP contribution in [0.3, 0.4) is 0 Å². The minimum atomic E-state index is 0.872. The molecule has 2 saturated heterocycles. The SMILES string of the molecule is C[N+]1(Cc2ccccc2N)C2CCCC1CCC2. The number of nitrogen functional groups attached to an aromatic ring is 1. The van der Waals surface area contributed by atoms with Crippen molar-refractivity contribution in [1.29, 1.82) is 0 Å². The number of quaternary nitrogens is 1. The zero-order chi connectivity index (χ0) is 12.6. The highest BCUT2D eigenvalue weighted by atomic mass is 15.4. The van der Waals surface area contributed by atoms with Crippen molar-refractivity contribution in [3.63, 3.8) is 0 Å². The van der Waals surface area contributed by atoms with Crippen LogP contribution in [0.4, 0.5) is 5.69 Å². The molecule has 2 aliphatic rings. The molecule has 0 amide bonds. The quantitative estimate of drug-likeness (QED) is 0.628. The Hall–Kier alpha value is -1.02. The Bertz CT molecular complexity index is 405. The molecule has 0 aliphatic carbocycles. The van der Waals surface area contributed by atoms with E-state index in [0.717, 1.165) is 24.3 Å². The lowest BCUT2D eigenvalue weighted by atomic mass is 9.81. The van der Waals surface area contributed by atoms with Gasteiger partial charge in [0.25, 0.3) is 0 Å². The average Bonchev–Trinajstić information content (AvgIpc) is 2.31. The van der Waals surface area contributed by atoms with Crippen LogP contribution in [0.1, 0.15) is 44.1 Å². The second-order valence-corrected chi connectivity index (χ2v) is 6.37. The summed E-state index contributed by atoms with van der Waals surface area (Å²) < 4.78 is 1.24. The molecule has 2 heterocycles. The van der Waals surface area contributed by atoms with Gasteiger partial charge in [0.2, 0.25) is 0 Å². The highest BCUT2D eigenvalue weighted by Gasteiger charge is 2.45. The molecule has 3 rings (SSSR count). The Morgan fingerprint density at radius 2 is 1.61 bits per heavy atom. The molecule has 1 aromatic carbocycles. The lowest BCUT2D eigenvalue weighted by Gasteiger charge is -2.53. The molecule has 0 unspecified atom stereocenters. The first-order chi connectivity index (χ1) is 8.70.